The second-order valence-electron chi connectivity index (χ2n) is 5.65. The zero-order chi connectivity index (χ0) is 18.4. The van der Waals surface area contributed by atoms with Gasteiger partial charge in [0.25, 0.3) is 15.9 Å². The van der Waals surface area contributed by atoms with Crippen LogP contribution in [-0.4, -0.2) is 39.5 Å². The van der Waals surface area contributed by atoms with Crippen LogP contribution in [0.2, 0.25) is 0 Å². The molecule has 0 aromatic heterocycles. The standard InChI is InChI=1S/C18H22N2O4S/c1-14(15-8-5-4-6-9-15)13-19-18(21)16-10-7-11-17(12-16)25(22,23)20(2)24-3/h4-12,14H,13H2,1-3H3,(H,19,21)/t14-/m1/s1. The summed E-state index contributed by atoms with van der Waals surface area (Å²) in [6.07, 6.45) is 0. The summed E-state index contributed by atoms with van der Waals surface area (Å²) in [4.78, 5) is 17.1. The molecule has 25 heavy (non-hydrogen) atoms. The second kappa shape index (κ2) is 8.24. The first-order valence-electron chi connectivity index (χ1n) is 7.82. The molecule has 0 saturated carbocycles. The molecule has 0 unspecified atom stereocenters. The number of nitrogens with one attached hydrogen (secondary N) is 1. The molecule has 0 spiro atoms. The molecule has 0 fully saturated rings. The Morgan fingerprint density at radius 2 is 1.84 bits per heavy atom. The Hall–Kier alpha value is -2.22. The van der Waals surface area contributed by atoms with Crippen LogP contribution < -0.4 is 5.32 Å². The van der Waals surface area contributed by atoms with Crippen molar-refractivity contribution in [1.82, 2.24) is 9.79 Å². The minimum atomic E-state index is -3.79. The molecule has 6 nitrogen and oxygen atoms in total. The quantitative estimate of drug-likeness (QED) is 0.768. The lowest BCUT2D eigenvalue weighted by Gasteiger charge is -2.15. The van der Waals surface area contributed by atoms with E-state index < -0.39 is 10.0 Å². The van der Waals surface area contributed by atoms with Crippen molar-refractivity contribution in [2.45, 2.75) is 17.7 Å². The lowest BCUT2D eigenvalue weighted by Crippen LogP contribution is -2.28. The summed E-state index contributed by atoms with van der Waals surface area (Å²) in [6, 6.07) is 15.7. The van der Waals surface area contributed by atoms with E-state index in [2.05, 4.69) is 5.32 Å². The number of carbonyl (C=O) groups is 1. The molecule has 2 rings (SSSR count). The number of nitrogens with zero attached hydrogens (tertiary/aromatic N) is 1. The smallest absolute Gasteiger partial charge is 0.264 e. The van der Waals surface area contributed by atoms with E-state index in [4.69, 9.17) is 4.84 Å². The van der Waals surface area contributed by atoms with E-state index in [0.29, 0.717) is 6.54 Å². The van der Waals surface area contributed by atoms with E-state index >= 15 is 0 Å². The van der Waals surface area contributed by atoms with Crippen LogP contribution in [0.15, 0.2) is 59.5 Å². The Morgan fingerprint density at radius 3 is 2.48 bits per heavy atom. The summed E-state index contributed by atoms with van der Waals surface area (Å²) >= 11 is 0. The van der Waals surface area contributed by atoms with Crippen molar-refractivity contribution in [3.63, 3.8) is 0 Å². The van der Waals surface area contributed by atoms with Crippen molar-refractivity contribution in [3.8, 4) is 0 Å². The summed E-state index contributed by atoms with van der Waals surface area (Å²) in [7, 11) is -1.23. The summed E-state index contributed by atoms with van der Waals surface area (Å²) in [5.41, 5.74) is 1.41. The molecule has 1 N–H and O–H groups in total. The third-order valence-corrected chi connectivity index (χ3v) is 5.60. The average molecular weight is 362 g/mol. The van der Waals surface area contributed by atoms with Crippen molar-refractivity contribution >= 4 is 15.9 Å². The molecular formula is C18H22N2O4S. The van der Waals surface area contributed by atoms with Crippen LogP contribution in [0.4, 0.5) is 0 Å². The van der Waals surface area contributed by atoms with E-state index in [1.54, 1.807) is 6.07 Å². The van der Waals surface area contributed by atoms with Crippen LogP contribution in [-0.2, 0) is 14.9 Å². The molecule has 0 saturated heterocycles. The second-order valence-corrected chi connectivity index (χ2v) is 7.58. The highest BCUT2D eigenvalue weighted by molar-refractivity contribution is 7.89. The van der Waals surface area contributed by atoms with Crippen LogP contribution in [0.1, 0.15) is 28.8 Å². The summed E-state index contributed by atoms with van der Waals surface area (Å²) in [5, 5.41) is 2.84. The van der Waals surface area contributed by atoms with Gasteiger partial charge in [-0.25, -0.2) is 8.42 Å². The zero-order valence-corrected chi connectivity index (χ0v) is 15.3. The molecule has 0 heterocycles. The van der Waals surface area contributed by atoms with Gasteiger partial charge in [0, 0.05) is 19.2 Å². The summed E-state index contributed by atoms with van der Waals surface area (Å²) in [5.74, 6) is -0.170. The molecular weight excluding hydrogens is 340 g/mol. The lowest BCUT2D eigenvalue weighted by molar-refractivity contribution is -0.0258. The molecule has 1 atom stereocenters. The molecule has 7 heteroatoms. The predicted molar refractivity (Wildman–Crippen MR) is 95.6 cm³/mol. The molecule has 134 valence electrons. The first kappa shape index (κ1) is 19.1. The first-order chi connectivity index (χ1) is 11.9. The average Bonchev–Trinajstić information content (AvgIpc) is 2.65. The number of amides is 1. The number of hydrogen-bond donors (Lipinski definition) is 1. The van der Waals surface area contributed by atoms with Gasteiger partial charge in [-0.05, 0) is 29.7 Å². The van der Waals surface area contributed by atoms with E-state index in [1.165, 1.54) is 32.4 Å². The van der Waals surface area contributed by atoms with Gasteiger partial charge in [-0.3, -0.25) is 9.63 Å². The number of benzene rings is 2. The Bertz CT molecular complexity index is 822. The van der Waals surface area contributed by atoms with Gasteiger partial charge in [-0.15, -0.1) is 0 Å². The maximum Gasteiger partial charge on any atom is 0.264 e. The molecule has 0 aliphatic rings. The highest BCUT2D eigenvalue weighted by atomic mass is 32.2. The minimum Gasteiger partial charge on any atom is -0.351 e. The number of hydrogen-bond acceptors (Lipinski definition) is 4. The van der Waals surface area contributed by atoms with Gasteiger partial charge in [-0.1, -0.05) is 47.8 Å². The predicted octanol–water partition coefficient (Wildman–Crippen LogP) is 2.40. The lowest BCUT2D eigenvalue weighted by atomic mass is 10.0. The van der Waals surface area contributed by atoms with Crippen molar-refractivity contribution < 1.29 is 18.0 Å². The molecule has 0 bridgehead atoms. The number of carbonyl (C=O) groups excluding carboxylic acids is 1. The summed E-state index contributed by atoms with van der Waals surface area (Å²) < 4.78 is 25.3. The van der Waals surface area contributed by atoms with Gasteiger partial charge in [-0.2, -0.15) is 0 Å². The van der Waals surface area contributed by atoms with Crippen LogP contribution >= 0.6 is 0 Å². The van der Waals surface area contributed by atoms with E-state index in [-0.39, 0.29) is 22.3 Å². The van der Waals surface area contributed by atoms with Crippen LogP contribution in [0, 0.1) is 0 Å². The normalized spacial score (nSPS) is 12.8. The molecule has 1 amide bonds. The third kappa shape index (κ3) is 4.66. The fourth-order valence-electron chi connectivity index (χ4n) is 2.29. The van der Waals surface area contributed by atoms with Crippen molar-refractivity contribution in [1.29, 1.82) is 0 Å². The van der Waals surface area contributed by atoms with Gasteiger partial charge < -0.3 is 5.32 Å². The number of rotatable bonds is 7. The largest absolute Gasteiger partial charge is 0.351 e. The van der Waals surface area contributed by atoms with E-state index in [1.807, 2.05) is 37.3 Å². The topological polar surface area (TPSA) is 75.7 Å². The molecule has 2 aromatic rings. The van der Waals surface area contributed by atoms with Crippen molar-refractivity contribution in [3.05, 3.63) is 65.7 Å². The molecule has 0 radical (unpaired) electrons. The van der Waals surface area contributed by atoms with Gasteiger partial charge in [0.2, 0.25) is 0 Å². The first-order valence-corrected chi connectivity index (χ1v) is 9.26. The van der Waals surface area contributed by atoms with Crippen molar-refractivity contribution in [2.24, 2.45) is 0 Å². The fourth-order valence-corrected chi connectivity index (χ4v) is 3.31. The highest BCUT2D eigenvalue weighted by Gasteiger charge is 2.22. The van der Waals surface area contributed by atoms with Gasteiger partial charge >= 0.3 is 0 Å². The third-order valence-electron chi connectivity index (χ3n) is 3.93. The van der Waals surface area contributed by atoms with Gasteiger partial charge in [0.1, 0.15) is 0 Å². The van der Waals surface area contributed by atoms with E-state index in [9.17, 15) is 13.2 Å². The molecule has 0 aliphatic heterocycles. The Kier molecular flexibility index (Phi) is 6.30. The zero-order valence-electron chi connectivity index (χ0n) is 14.5. The minimum absolute atomic E-state index is 0.000563. The summed E-state index contributed by atoms with van der Waals surface area (Å²) in [6.45, 7) is 2.47. The monoisotopic (exact) mass is 362 g/mol. The molecule has 0 aliphatic carbocycles. The van der Waals surface area contributed by atoms with E-state index in [0.717, 1.165) is 10.0 Å². The maximum absolute atomic E-state index is 12.3. The number of sulfonamides is 1. The van der Waals surface area contributed by atoms with Crippen LogP contribution in [0.5, 0.6) is 0 Å². The van der Waals surface area contributed by atoms with Gasteiger partial charge in [0.05, 0.1) is 12.0 Å². The van der Waals surface area contributed by atoms with Crippen LogP contribution in [0.3, 0.4) is 0 Å². The Morgan fingerprint density at radius 1 is 1.16 bits per heavy atom. The fraction of sp³-hybridized carbons (Fsp3) is 0.278. The van der Waals surface area contributed by atoms with Crippen LogP contribution in [0.25, 0.3) is 0 Å². The SMILES string of the molecule is CON(C)S(=O)(=O)c1cccc(C(=O)NC[C@@H](C)c2ccccc2)c1. The highest BCUT2D eigenvalue weighted by Crippen LogP contribution is 2.17. The Balaban J connectivity index is 2.09. The Labute approximate surface area is 148 Å². The molecule has 2 aromatic carbocycles. The number of hydroxylamine groups is 1. The maximum atomic E-state index is 12.3. The van der Waals surface area contributed by atoms with Crippen molar-refractivity contribution in [2.75, 3.05) is 20.7 Å². The van der Waals surface area contributed by atoms with Gasteiger partial charge in [0.15, 0.2) is 0 Å².